The maximum absolute atomic E-state index is 10.8. The molecule has 0 saturated carbocycles. The Bertz CT molecular complexity index is 168. The van der Waals surface area contributed by atoms with Crippen molar-refractivity contribution in [2.75, 3.05) is 0 Å². The van der Waals surface area contributed by atoms with Gasteiger partial charge in [-0.15, -0.1) is 0 Å². The van der Waals surface area contributed by atoms with Gasteiger partial charge in [-0.05, 0) is 12.8 Å². The summed E-state index contributed by atoms with van der Waals surface area (Å²) in [6.45, 7) is 2.13. The molecule has 1 N–H and O–H groups in total. The molecular weight excluding hydrogens is 168 g/mol. The number of carbonyl (C=O) groups is 1. The molecule has 3 heteroatoms. The van der Waals surface area contributed by atoms with Crippen molar-refractivity contribution >= 4 is 5.97 Å². The molecule has 0 spiro atoms. The zero-order valence-electron chi connectivity index (χ0n) is 8.16. The Kier molecular flexibility index (Phi) is 4.22. The summed E-state index contributed by atoms with van der Waals surface area (Å²) in [7, 11) is 0. The SMILES string of the molecule is CCCCC[C@H](O)[C@@H]1CCC(=O)O1. The molecule has 1 fully saturated rings. The van der Waals surface area contributed by atoms with Gasteiger partial charge in [-0.1, -0.05) is 26.2 Å². The minimum Gasteiger partial charge on any atom is -0.460 e. The van der Waals surface area contributed by atoms with E-state index in [0.717, 1.165) is 25.7 Å². The van der Waals surface area contributed by atoms with E-state index in [9.17, 15) is 9.90 Å². The summed E-state index contributed by atoms with van der Waals surface area (Å²) in [5.41, 5.74) is 0. The second-order valence-electron chi connectivity index (χ2n) is 3.63. The third kappa shape index (κ3) is 3.35. The lowest BCUT2D eigenvalue weighted by molar-refractivity contribution is -0.145. The van der Waals surface area contributed by atoms with Gasteiger partial charge in [0.2, 0.25) is 0 Å². The van der Waals surface area contributed by atoms with Crippen molar-refractivity contribution in [1.29, 1.82) is 0 Å². The van der Waals surface area contributed by atoms with Crippen molar-refractivity contribution in [3.63, 3.8) is 0 Å². The van der Waals surface area contributed by atoms with Crippen LogP contribution in [-0.4, -0.2) is 23.3 Å². The second kappa shape index (κ2) is 5.22. The van der Waals surface area contributed by atoms with E-state index in [1.807, 2.05) is 0 Å². The predicted octanol–water partition coefficient (Wildman–Crippen LogP) is 1.63. The molecule has 0 unspecified atom stereocenters. The first kappa shape index (κ1) is 10.5. The quantitative estimate of drug-likeness (QED) is 0.524. The Morgan fingerprint density at radius 3 is 2.92 bits per heavy atom. The molecule has 0 aliphatic carbocycles. The van der Waals surface area contributed by atoms with Crippen LogP contribution in [0.2, 0.25) is 0 Å². The van der Waals surface area contributed by atoms with Crippen molar-refractivity contribution in [2.45, 2.75) is 57.7 Å². The summed E-state index contributed by atoms with van der Waals surface area (Å²) < 4.78 is 4.96. The third-order valence-electron chi connectivity index (χ3n) is 2.45. The molecule has 0 aromatic heterocycles. The first-order chi connectivity index (χ1) is 6.24. The van der Waals surface area contributed by atoms with Crippen LogP contribution in [0.4, 0.5) is 0 Å². The van der Waals surface area contributed by atoms with Gasteiger partial charge in [0.05, 0.1) is 6.10 Å². The number of esters is 1. The van der Waals surface area contributed by atoms with Crippen LogP contribution >= 0.6 is 0 Å². The lowest BCUT2D eigenvalue weighted by atomic mass is 10.0. The Morgan fingerprint density at radius 1 is 1.62 bits per heavy atom. The molecule has 0 amide bonds. The lowest BCUT2D eigenvalue weighted by Crippen LogP contribution is -2.25. The van der Waals surface area contributed by atoms with Gasteiger partial charge in [0.1, 0.15) is 6.10 Å². The topological polar surface area (TPSA) is 46.5 Å². The smallest absolute Gasteiger partial charge is 0.306 e. The summed E-state index contributed by atoms with van der Waals surface area (Å²) >= 11 is 0. The fourth-order valence-electron chi connectivity index (χ4n) is 1.61. The number of aliphatic hydroxyl groups is 1. The second-order valence-corrected chi connectivity index (χ2v) is 3.63. The van der Waals surface area contributed by atoms with Crippen LogP contribution in [0.1, 0.15) is 45.4 Å². The van der Waals surface area contributed by atoms with Gasteiger partial charge in [0, 0.05) is 6.42 Å². The number of rotatable bonds is 5. The lowest BCUT2D eigenvalue weighted by Gasteiger charge is -2.16. The molecule has 0 aromatic rings. The van der Waals surface area contributed by atoms with E-state index in [1.54, 1.807) is 0 Å². The van der Waals surface area contributed by atoms with Crippen LogP contribution in [0, 0.1) is 0 Å². The number of ether oxygens (including phenoxy) is 1. The van der Waals surface area contributed by atoms with Gasteiger partial charge < -0.3 is 9.84 Å². The molecular formula is C10H18O3. The van der Waals surface area contributed by atoms with Crippen LogP contribution in [0.15, 0.2) is 0 Å². The third-order valence-corrected chi connectivity index (χ3v) is 2.45. The molecule has 1 aliphatic rings. The number of hydrogen-bond donors (Lipinski definition) is 1. The van der Waals surface area contributed by atoms with E-state index in [1.165, 1.54) is 0 Å². The largest absolute Gasteiger partial charge is 0.460 e. The van der Waals surface area contributed by atoms with Gasteiger partial charge >= 0.3 is 5.97 Å². The zero-order chi connectivity index (χ0) is 9.68. The molecule has 0 aromatic carbocycles. The van der Waals surface area contributed by atoms with E-state index in [0.29, 0.717) is 12.8 Å². The molecule has 1 rings (SSSR count). The van der Waals surface area contributed by atoms with Crippen LogP contribution in [-0.2, 0) is 9.53 Å². The maximum Gasteiger partial charge on any atom is 0.306 e. The standard InChI is InChI=1S/C10H18O3/c1-2-3-4-5-8(11)9-6-7-10(12)13-9/h8-9,11H,2-7H2,1H3/t8-,9-/m0/s1. The zero-order valence-corrected chi connectivity index (χ0v) is 8.16. The van der Waals surface area contributed by atoms with Gasteiger partial charge in [-0.25, -0.2) is 0 Å². The average Bonchev–Trinajstić information content (AvgIpc) is 2.52. The van der Waals surface area contributed by atoms with E-state index in [4.69, 9.17) is 4.74 Å². The van der Waals surface area contributed by atoms with Crippen molar-refractivity contribution in [2.24, 2.45) is 0 Å². The molecule has 1 saturated heterocycles. The minimum atomic E-state index is -0.446. The monoisotopic (exact) mass is 186 g/mol. The Morgan fingerprint density at radius 2 is 2.38 bits per heavy atom. The Hall–Kier alpha value is -0.570. The molecule has 2 atom stereocenters. The highest BCUT2D eigenvalue weighted by molar-refractivity contribution is 5.71. The van der Waals surface area contributed by atoms with E-state index in [2.05, 4.69) is 6.92 Å². The highest BCUT2D eigenvalue weighted by Crippen LogP contribution is 2.20. The van der Waals surface area contributed by atoms with Crippen LogP contribution < -0.4 is 0 Å². The first-order valence-corrected chi connectivity index (χ1v) is 5.11. The van der Waals surface area contributed by atoms with Gasteiger partial charge in [0.25, 0.3) is 0 Å². The number of aliphatic hydroxyl groups excluding tert-OH is 1. The Balaban J connectivity index is 2.15. The van der Waals surface area contributed by atoms with E-state index < -0.39 is 6.10 Å². The van der Waals surface area contributed by atoms with Crippen molar-refractivity contribution in [1.82, 2.24) is 0 Å². The van der Waals surface area contributed by atoms with E-state index >= 15 is 0 Å². The highest BCUT2D eigenvalue weighted by atomic mass is 16.6. The average molecular weight is 186 g/mol. The molecule has 0 bridgehead atoms. The fraction of sp³-hybridized carbons (Fsp3) is 0.900. The summed E-state index contributed by atoms with van der Waals surface area (Å²) in [6, 6.07) is 0. The normalized spacial score (nSPS) is 24.5. The van der Waals surface area contributed by atoms with Crippen LogP contribution in [0.25, 0.3) is 0 Å². The summed E-state index contributed by atoms with van der Waals surface area (Å²) in [4.78, 5) is 10.8. The molecule has 13 heavy (non-hydrogen) atoms. The van der Waals surface area contributed by atoms with Gasteiger partial charge in [-0.3, -0.25) is 4.79 Å². The summed E-state index contributed by atoms with van der Waals surface area (Å²) in [5, 5.41) is 9.62. The number of unbranched alkanes of at least 4 members (excludes halogenated alkanes) is 2. The minimum absolute atomic E-state index is 0.167. The number of cyclic esters (lactones) is 1. The predicted molar refractivity (Wildman–Crippen MR) is 49.3 cm³/mol. The molecule has 1 heterocycles. The van der Waals surface area contributed by atoms with Crippen LogP contribution in [0.5, 0.6) is 0 Å². The Labute approximate surface area is 79.1 Å². The summed E-state index contributed by atoms with van der Waals surface area (Å²) in [6.07, 6.45) is 4.54. The van der Waals surface area contributed by atoms with Gasteiger partial charge in [-0.2, -0.15) is 0 Å². The molecule has 1 aliphatic heterocycles. The van der Waals surface area contributed by atoms with Crippen molar-refractivity contribution in [3.05, 3.63) is 0 Å². The van der Waals surface area contributed by atoms with Crippen LogP contribution in [0.3, 0.4) is 0 Å². The first-order valence-electron chi connectivity index (χ1n) is 5.11. The fourth-order valence-corrected chi connectivity index (χ4v) is 1.61. The number of hydrogen-bond acceptors (Lipinski definition) is 3. The van der Waals surface area contributed by atoms with Crippen molar-refractivity contribution in [3.8, 4) is 0 Å². The maximum atomic E-state index is 10.8. The summed E-state index contributed by atoms with van der Waals surface area (Å²) in [5.74, 6) is -0.167. The molecule has 76 valence electrons. The van der Waals surface area contributed by atoms with Gasteiger partial charge in [0.15, 0.2) is 0 Å². The highest BCUT2D eigenvalue weighted by Gasteiger charge is 2.29. The molecule has 3 nitrogen and oxygen atoms in total. The van der Waals surface area contributed by atoms with Crippen molar-refractivity contribution < 1.29 is 14.6 Å². The van der Waals surface area contributed by atoms with E-state index in [-0.39, 0.29) is 12.1 Å². The molecule has 0 radical (unpaired) electrons. The number of carbonyl (C=O) groups excluding carboxylic acids is 1.